The van der Waals surface area contributed by atoms with Gasteiger partial charge in [0.05, 0.1) is 11.6 Å². The molecule has 1 amide bonds. The number of carbonyl (C=O) groups excluding carboxylic acids is 1. The molecule has 0 aliphatic rings. The maximum Gasteiger partial charge on any atom is 0.257 e. The smallest absolute Gasteiger partial charge is 0.257 e. The Hall–Kier alpha value is -1.38. The van der Waals surface area contributed by atoms with Crippen LogP contribution in [0.4, 0.5) is 5.69 Å². The van der Waals surface area contributed by atoms with Crippen LogP contribution in [0.1, 0.15) is 28.4 Å². The number of thiocarbonyl (C=S) groups is 1. The molecule has 2 rings (SSSR count). The van der Waals surface area contributed by atoms with E-state index in [9.17, 15) is 4.79 Å². The molecule has 0 aromatic heterocycles. The van der Waals surface area contributed by atoms with Crippen molar-refractivity contribution in [2.45, 2.75) is 20.8 Å². The van der Waals surface area contributed by atoms with E-state index >= 15 is 0 Å². The molecule has 0 fully saturated rings. The normalized spacial score (nSPS) is 10.3. The number of hydrogen-bond acceptors (Lipinski definition) is 3. The molecule has 7 heteroatoms. The quantitative estimate of drug-likeness (QED) is 0.465. The van der Waals surface area contributed by atoms with E-state index in [-0.39, 0.29) is 11.0 Å². The monoisotopic (exact) mass is 488 g/mol. The fourth-order valence-corrected chi connectivity index (χ4v) is 3.22. The van der Waals surface area contributed by atoms with Crippen LogP contribution in [0, 0.1) is 17.4 Å². The van der Waals surface area contributed by atoms with Gasteiger partial charge in [-0.25, -0.2) is 0 Å². The third-order valence-corrected chi connectivity index (χ3v) is 5.14. The summed E-state index contributed by atoms with van der Waals surface area (Å²) in [5.41, 5.74) is 3.47. The number of amides is 1. The van der Waals surface area contributed by atoms with Gasteiger partial charge in [-0.05, 0) is 97.0 Å². The van der Waals surface area contributed by atoms with Crippen molar-refractivity contribution < 1.29 is 9.53 Å². The van der Waals surface area contributed by atoms with Crippen LogP contribution in [0.3, 0.4) is 0 Å². The first-order chi connectivity index (χ1) is 11.8. The van der Waals surface area contributed by atoms with Gasteiger partial charge in [-0.15, -0.1) is 0 Å². The summed E-state index contributed by atoms with van der Waals surface area (Å²) in [5, 5.41) is 6.35. The second-order valence-electron chi connectivity index (χ2n) is 5.40. The molecular weight excluding hydrogens is 471 g/mol. The fraction of sp³-hybridized carbons (Fsp3) is 0.222. The lowest BCUT2D eigenvalue weighted by atomic mass is 10.1. The predicted molar refractivity (Wildman–Crippen MR) is 115 cm³/mol. The molecule has 132 valence electrons. The number of rotatable bonds is 4. The SMILES string of the molecule is CCOc1ccc(C(=O)NC(=S)Nc2cc(C)c(I)cc2C)cc1Cl. The number of carbonyl (C=O) groups is 1. The Labute approximate surface area is 171 Å². The highest BCUT2D eigenvalue weighted by molar-refractivity contribution is 14.1. The molecule has 0 aliphatic heterocycles. The number of aryl methyl sites for hydroxylation is 2. The van der Waals surface area contributed by atoms with Crippen LogP contribution < -0.4 is 15.4 Å². The summed E-state index contributed by atoms with van der Waals surface area (Å²) in [6, 6.07) is 8.95. The van der Waals surface area contributed by atoms with Gasteiger partial charge in [-0.2, -0.15) is 0 Å². The number of halogens is 2. The van der Waals surface area contributed by atoms with E-state index in [2.05, 4.69) is 39.3 Å². The summed E-state index contributed by atoms with van der Waals surface area (Å²) in [5.74, 6) is 0.216. The average molecular weight is 489 g/mol. The minimum atomic E-state index is -0.331. The van der Waals surface area contributed by atoms with Crippen molar-refractivity contribution in [1.29, 1.82) is 0 Å². The van der Waals surface area contributed by atoms with Crippen molar-refractivity contribution in [1.82, 2.24) is 5.32 Å². The number of nitrogens with one attached hydrogen (secondary N) is 2. The van der Waals surface area contributed by atoms with Gasteiger partial charge in [-0.3, -0.25) is 10.1 Å². The number of benzene rings is 2. The molecule has 0 saturated carbocycles. The van der Waals surface area contributed by atoms with E-state index in [0.29, 0.717) is 22.9 Å². The zero-order valence-electron chi connectivity index (χ0n) is 14.1. The third kappa shape index (κ3) is 5.29. The van der Waals surface area contributed by atoms with Gasteiger partial charge in [0.1, 0.15) is 5.75 Å². The molecular formula is C18H18ClIN2O2S. The topological polar surface area (TPSA) is 50.4 Å². The van der Waals surface area contributed by atoms with Crippen LogP contribution in [0.2, 0.25) is 5.02 Å². The van der Waals surface area contributed by atoms with Gasteiger partial charge < -0.3 is 10.1 Å². The standard InChI is InChI=1S/C18H18ClIN2O2S/c1-4-24-16-6-5-12(9-13(16)19)17(23)22-18(25)21-15-8-10(2)14(20)7-11(15)3/h5-9H,4H2,1-3H3,(H2,21,22,23,25). The molecule has 0 atom stereocenters. The molecule has 0 unspecified atom stereocenters. The summed E-state index contributed by atoms with van der Waals surface area (Å²) in [6.07, 6.45) is 0. The maximum absolute atomic E-state index is 12.3. The number of anilines is 1. The fourth-order valence-electron chi connectivity index (χ4n) is 2.16. The molecule has 4 nitrogen and oxygen atoms in total. The van der Waals surface area contributed by atoms with Crippen molar-refractivity contribution in [2.24, 2.45) is 0 Å². The molecule has 0 aliphatic carbocycles. The summed E-state index contributed by atoms with van der Waals surface area (Å²) in [4.78, 5) is 12.3. The first-order valence-corrected chi connectivity index (χ1v) is 9.49. The van der Waals surface area contributed by atoms with Crippen molar-refractivity contribution in [2.75, 3.05) is 11.9 Å². The highest BCUT2D eigenvalue weighted by Gasteiger charge is 2.12. The van der Waals surface area contributed by atoms with Gasteiger partial charge in [-0.1, -0.05) is 11.6 Å². The minimum Gasteiger partial charge on any atom is -0.492 e. The van der Waals surface area contributed by atoms with Crippen LogP contribution in [0.5, 0.6) is 5.75 Å². The molecule has 2 aromatic rings. The molecule has 0 saturated heterocycles. The van der Waals surface area contributed by atoms with Gasteiger partial charge in [0, 0.05) is 14.8 Å². The first-order valence-electron chi connectivity index (χ1n) is 7.63. The molecule has 2 aromatic carbocycles. The van der Waals surface area contributed by atoms with Crippen LogP contribution in [-0.2, 0) is 0 Å². The molecule has 0 radical (unpaired) electrons. The van der Waals surface area contributed by atoms with E-state index < -0.39 is 0 Å². The van der Waals surface area contributed by atoms with Crippen molar-refractivity contribution in [3.8, 4) is 5.75 Å². The van der Waals surface area contributed by atoms with E-state index in [4.69, 9.17) is 28.6 Å². The Morgan fingerprint density at radius 2 is 1.96 bits per heavy atom. The van der Waals surface area contributed by atoms with Crippen LogP contribution in [-0.4, -0.2) is 17.6 Å². The van der Waals surface area contributed by atoms with E-state index in [1.165, 1.54) is 3.57 Å². The van der Waals surface area contributed by atoms with Crippen molar-refractivity contribution in [3.05, 3.63) is 55.6 Å². The molecule has 0 bridgehead atoms. The zero-order chi connectivity index (χ0) is 18.6. The summed E-state index contributed by atoms with van der Waals surface area (Å²) in [7, 11) is 0. The number of ether oxygens (including phenoxy) is 1. The van der Waals surface area contributed by atoms with E-state index in [1.807, 2.05) is 26.8 Å². The van der Waals surface area contributed by atoms with Gasteiger partial charge in [0.25, 0.3) is 5.91 Å². The second kappa shape index (κ2) is 8.82. The summed E-state index contributed by atoms with van der Waals surface area (Å²) < 4.78 is 6.54. The van der Waals surface area contributed by atoms with Gasteiger partial charge in [0.15, 0.2) is 5.11 Å². The van der Waals surface area contributed by atoms with Crippen molar-refractivity contribution >= 4 is 63.1 Å². The highest BCUT2D eigenvalue weighted by Crippen LogP contribution is 2.25. The zero-order valence-corrected chi connectivity index (χ0v) is 17.8. The Bertz CT molecular complexity index is 827. The molecule has 0 spiro atoms. The lowest BCUT2D eigenvalue weighted by Crippen LogP contribution is -2.34. The lowest BCUT2D eigenvalue weighted by Gasteiger charge is -2.14. The highest BCUT2D eigenvalue weighted by atomic mass is 127. The predicted octanol–water partition coefficient (Wildman–Crippen LogP) is 5.09. The number of hydrogen-bond donors (Lipinski definition) is 2. The van der Waals surface area contributed by atoms with Gasteiger partial charge >= 0.3 is 0 Å². The average Bonchev–Trinajstić information content (AvgIpc) is 2.54. The van der Waals surface area contributed by atoms with Crippen LogP contribution >= 0.6 is 46.4 Å². The molecule has 2 N–H and O–H groups in total. The summed E-state index contributed by atoms with van der Waals surface area (Å²) >= 11 is 13.6. The lowest BCUT2D eigenvalue weighted by molar-refractivity contribution is 0.0977. The first kappa shape index (κ1) is 19.9. The van der Waals surface area contributed by atoms with E-state index in [0.717, 1.165) is 16.8 Å². The third-order valence-electron chi connectivity index (χ3n) is 3.47. The Morgan fingerprint density at radius 1 is 1.24 bits per heavy atom. The van der Waals surface area contributed by atoms with E-state index in [1.54, 1.807) is 18.2 Å². The van der Waals surface area contributed by atoms with Gasteiger partial charge in [0.2, 0.25) is 0 Å². The largest absolute Gasteiger partial charge is 0.492 e. The Kier molecular flexibility index (Phi) is 7.04. The van der Waals surface area contributed by atoms with Crippen LogP contribution in [0.15, 0.2) is 30.3 Å². The summed E-state index contributed by atoms with van der Waals surface area (Å²) in [6.45, 7) is 6.39. The Balaban J connectivity index is 2.06. The molecule has 0 heterocycles. The maximum atomic E-state index is 12.3. The minimum absolute atomic E-state index is 0.235. The van der Waals surface area contributed by atoms with Crippen molar-refractivity contribution in [3.63, 3.8) is 0 Å². The molecule has 25 heavy (non-hydrogen) atoms. The Morgan fingerprint density at radius 3 is 2.60 bits per heavy atom. The van der Waals surface area contributed by atoms with Crippen LogP contribution in [0.25, 0.3) is 0 Å². The second-order valence-corrected chi connectivity index (χ2v) is 7.38.